The number of thiazole rings is 1. The van der Waals surface area contributed by atoms with Crippen molar-refractivity contribution in [2.45, 2.75) is 32.4 Å². The van der Waals surface area contributed by atoms with Crippen molar-refractivity contribution in [3.63, 3.8) is 0 Å². The zero-order chi connectivity index (χ0) is 25.8. The van der Waals surface area contributed by atoms with Gasteiger partial charge in [-0.25, -0.2) is 9.37 Å². The molecule has 2 aromatic carbocycles. The first-order valence-electron chi connectivity index (χ1n) is 12.1. The van der Waals surface area contributed by atoms with Crippen LogP contribution in [0.2, 0.25) is 0 Å². The highest BCUT2D eigenvalue weighted by atomic mass is 32.1. The molecule has 0 saturated heterocycles. The number of carbonyl (C=O) groups excluding carboxylic acids is 2. The first-order valence-corrected chi connectivity index (χ1v) is 13.0. The number of ether oxygens (including phenoxy) is 1. The number of rotatable bonds is 8. The topological polar surface area (TPSA) is 84.7 Å². The summed E-state index contributed by atoms with van der Waals surface area (Å²) in [7, 11) is 0. The maximum atomic E-state index is 13.7. The van der Waals surface area contributed by atoms with Crippen LogP contribution in [0, 0.1) is 5.82 Å². The summed E-state index contributed by atoms with van der Waals surface area (Å²) in [6.07, 6.45) is 3.00. The maximum absolute atomic E-state index is 13.7. The van der Waals surface area contributed by atoms with Crippen LogP contribution >= 0.6 is 11.3 Å². The highest BCUT2D eigenvalue weighted by Crippen LogP contribution is 2.38. The molecule has 9 heteroatoms. The smallest absolute Gasteiger partial charge is 0.290 e. The van der Waals surface area contributed by atoms with Crippen molar-refractivity contribution in [1.29, 1.82) is 0 Å². The lowest BCUT2D eigenvalue weighted by atomic mass is 9.87. The van der Waals surface area contributed by atoms with Gasteiger partial charge in [-0.15, -0.1) is 11.3 Å². The Hall–Kier alpha value is -3.98. The molecule has 0 bridgehead atoms. The van der Waals surface area contributed by atoms with Gasteiger partial charge >= 0.3 is 0 Å². The van der Waals surface area contributed by atoms with E-state index in [0.717, 1.165) is 23.1 Å². The molecule has 0 spiro atoms. The zero-order valence-electron chi connectivity index (χ0n) is 20.3. The van der Waals surface area contributed by atoms with Gasteiger partial charge in [0.2, 0.25) is 0 Å². The van der Waals surface area contributed by atoms with Crippen LogP contribution in [0.1, 0.15) is 62.1 Å². The molecule has 1 aliphatic heterocycles. The third-order valence-corrected chi connectivity index (χ3v) is 7.03. The fraction of sp³-hybridized carbons (Fsp3) is 0.250. The van der Waals surface area contributed by atoms with Crippen LogP contribution in [0.5, 0.6) is 5.75 Å². The van der Waals surface area contributed by atoms with E-state index < -0.39 is 6.04 Å². The summed E-state index contributed by atoms with van der Waals surface area (Å²) in [6.45, 7) is 3.30. The summed E-state index contributed by atoms with van der Waals surface area (Å²) in [4.78, 5) is 31.6. The predicted molar refractivity (Wildman–Crippen MR) is 137 cm³/mol. The molecular formula is C28H26FN3O4S. The van der Waals surface area contributed by atoms with E-state index in [1.807, 2.05) is 25.1 Å². The molecule has 0 unspecified atom stereocenters. The van der Waals surface area contributed by atoms with Crippen molar-refractivity contribution in [3.8, 4) is 5.75 Å². The van der Waals surface area contributed by atoms with Crippen LogP contribution in [-0.2, 0) is 13.0 Å². The number of hydrogen-bond donors (Lipinski definition) is 1. The fourth-order valence-corrected chi connectivity index (χ4v) is 5.09. The summed E-state index contributed by atoms with van der Waals surface area (Å²) in [5, 5.41) is 5.22. The lowest BCUT2D eigenvalue weighted by molar-refractivity contribution is 0.0661. The van der Waals surface area contributed by atoms with Gasteiger partial charge in [-0.05, 0) is 65.9 Å². The number of nitrogens with one attached hydrogen (secondary N) is 1. The fourth-order valence-electron chi connectivity index (χ4n) is 4.40. The van der Waals surface area contributed by atoms with Gasteiger partial charge in [0.15, 0.2) is 5.76 Å². The summed E-state index contributed by atoms with van der Waals surface area (Å²) in [6, 6.07) is 14.9. The molecule has 0 aliphatic carbocycles. The van der Waals surface area contributed by atoms with Gasteiger partial charge in [0.1, 0.15) is 28.9 Å². The molecule has 2 aromatic heterocycles. The highest BCUT2D eigenvalue weighted by Gasteiger charge is 2.34. The Labute approximate surface area is 217 Å². The van der Waals surface area contributed by atoms with E-state index in [9.17, 15) is 14.0 Å². The van der Waals surface area contributed by atoms with Crippen LogP contribution in [0.15, 0.2) is 70.7 Å². The van der Waals surface area contributed by atoms with Gasteiger partial charge in [-0.1, -0.05) is 25.1 Å². The minimum absolute atomic E-state index is 0.193. The molecule has 37 heavy (non-hydrogen) atoms. The van der Waals surface area contributed by atoms with Crippen molar-refractivity contribution in [2.24, 2.45) is 0 Å². The van der Waals surface area contributed by atoms with Crippen LogP contribution in [0.25, 0.3) is 0 Å². The minimum atomic E-state index is -0.431. The van der Waals surface area contributed by atoms with Crippen LogP contribution in [0.3, 0.4) is 0 Å². The standard InChI is InChI=1S/C28H26FN3O4S/c1-2-12-30-27(33)23-17-37-25(31-23)16-36-21-10-7-18-11-13-32(28(34)24-4-3-14-35-24)26(22(18)15-21)19-5-8-20(29)9-6-19/h3-10,14-15,17,26H,2,11-13,16H2,1H3,(H,30,33)/t26-/m1/s1. The molecule has 2 amide bonds. The molecule has 0 fully saturated rings. The molecule has 1 N–H and O–H groups in total. The summed E-state index contributed by atoms with van der Waals surface area (Å²) in [5.41, 5.74) is 3.18. The quantitative estimate of drug-likeness (QED) is 0.338. The molecule has 4 aromatic rings. The zero-order valence-corrected chi connectivity index (χ0v) is 21.1. The number of hydrogen-bond acceptors (Lipinski definition) is 6. The number of nitrogens with zero attached hydrogens (tertiary/aromatic N) is 2. The van der Waals surface area contributed by atoms with E-state index in [1.54, 1.807) is 34.5 Å². The maximum Gasteiger partial charge on any atom is 0.290 e. The lowest BCUT2D eigenvalue weighted by Crippen LogP contribution is -2.40. The summed E-state index contributed by atoms with van der Waals surface area (Å²) in [5.74, 6) is 0.109. The second-order valence-corrected chi connectivity index (χ2v) is 9.65. The average Bonchev–Trinajstić information content (AvgIpc) is 3.63. The van der Waals surface area contributed by atoms with E-state index >= 15 is 0 Å². The molecule has 1 atom stereocenters. The molecule has 1 aliphatic rings. The van der Waals surface area contributed by atoms with Gasteiger partial charge in [-0.3, -0.25) is 9.59 Å². The Morgan fingerprint density at radius 3 is 2.81 bits per heavy atom. The summed E-state index contributed by atoms with van der Waals surface area (Å²) < 4.78 is 25.1. The Balaban J connectivity index is 1.40. The number of fused-ring (bicyclic) bond motifs is 1. The molecule has 7 nitrogen and oxygen atoms in total. The third kappa shape index (κ3) is 5.41. The number of carbonyl (C=O) groups is 2. The highest BCUT2D eigenvalue weighted by molar-refractivity contribution is 7.09. The number of aromatic nitrogens is 1. The van der Waals surface area contributed by atoms with Crippen molar-refractivity contribution < 1.29 is 23.1 Å². The van der Waals surface area contributed by atoms with Gasteiger partial charge in [0.05, 0.1) is 12.3 Å². The van der Waals surface area contributed by atoms with Crippen LogP contribution in [-0.4, -0.2) is 34.8 Å². The van der Waals surface area contributed by atoms with Crippen LogP contribution in [0.4, 0.5) is 4.39 Å². The molecule has 5 rings (SSSR count). The molecule has 3 heterocycles. The van der Waals surface area contributed by atoms with E-state index in [2.05, 4.69) is 10.3 Å². The number of furan rings is 1. The van der Waals surface area contributed by atoms with Crippen molar-refractivity contribution in [3.05, 3.63) is 105 Å². The van der Waals surface area contributed by atoms with Crippen molar-refractivity contribution >= 4 is 23.2 Å². The Morgan fingerprint density at radius 2 is 2.05 bits per heavy atom. The van der Waals surface area contributed by atoms with Crippen LogP contribution < -0.4 is 10.1 Å². The summed E-state index contributed by atoms with van der Waals surface area (Å²) >= 11 is 1.37. The number of benzene rings is 2. The van der Waals surface area contributed by atoms with Gasteiger partial charge in [0.25, 0.3) is 11.8 Å². The third-order valence-electron chi connectivity index (χ3n) is 6.21. The first kappa shape index (κ1) is 24.7. The van der Waals surface area contributed by atoms with Gasteiger partial charge in [-0.2, -0.15) is 0 Å². The Kier molecular flexibility index (Phi) is 7.32. The Bertz CT molecular complexity index is 1380. The number of amides is 2. The second kappa shape index (κ2) is 11.0. The molecular weight excluding hydrogens is 493 g/mol. The van der Waals surface area contributed by atoms with E-state index in [1.165, 1.54) is 29.7 Å². The van der Waals surface area contributed by atoms with Crippen molar-refractivity contribution in [1.82, 2.24) is 15.2 Å². The molecule has 190 valence electrons. The van der Waals surface area contributed by atoms with E-state index in [0.29, 0.717) is 36.0 Å². The van der Waals surface area contributed by atoms with Gasteiger partial charge in [0, 0.05) is 18.5 Å². The average molecular weight is 520 g/mol. The number of halogens is 1. The molecule has 0 saturated carbocycles. The lowest BCUT2D eigenvalue weighted by Gasteiger charge is -2.37. The minimum Gasteiger partial charge on any atom is -0.486 e. The predicted octanol–water partition coefficient (Wildman–Crippen LogP) is 5.38. The van der Waals surface area contributed by atoms with E-state index in [-0.39, 0.29) is 30.0 Å². The van der Waals surface area contributed by atoms with Gasteiger partial charge < -0.3 is 19.4 Å². The normalized spacial score (nSPS) is 14.8. The Morgan fingerprint density at radius 1 is 1.22 bits per heavy atom. The molecule has 0 radical (unpaired) electrons. The van der Waals surface area contributed by atoms with E-state index in [4.69, 9.17) is 9.15 Å². The second-order valence-electron chi connectivity index (χ2n) is 8.71. The van der Waals surface area contributed by atoms with Crippen molar-refractivity contribution in [2.75, 3.05) is 13.1 Å². The largest absolute Gasteiger partial charge is 0.486 e. The first-order chi connectivity index (χ1) is 18.0. The monoisotopic (exact) mass is 519 g/mol. The SMILES string of the molecule is CCCNC(=O)c1csc(COc2ccc3c(c2)[C@@H](c2ccc(F)cc2)N(C(=O)c2ccco2)CC3)n1.